The topological polar surface area (TPSA) is 32.3 Å². The molecule has 1 N–H and O–H groups in total. The third kappa shape index (κ3) is 4.09. The van der Waals surface area contributed by atoms with Gasteiger partial charge in [0.1, 0.15) is 5.82 Å². The van der Waals surface area contributed by atoms with E-state index in [4.69, 9.17) is 0 Å². The van der Waals surface area contributed by atoms with Crippen molar-refractivity contribution in [2.24, 2.45) is 5.92 Å². The SMILES string of the molecule is Cc1cc(C2CCNCC2)cc(F)c1C(=O)N1CCC(C)CC1.Cl. The molecule has 5 heteroatoms. The molecule has 0 spiro atoms. The van der Waals surface area contributed by atoms with Crippen LogP contribution in [0.2, 0.25) is 0 Å². The molecule has 24 heavy (non-hydrogen) atoms. The van der Waals surface area contributed by atoms with E-state index in [1.54, 1.807) is 6.07 Å². The van der Waals surface area contributed by atoms with Gasteiger partial charge in [-0.1, -0.05) is 13.0 Å². The first-order chi connectivity index (χ1) is 11.1. The van der Waals surface area contributed by atoms with E-state index in [1.165, 1.54) is 0 Å². The first-order valence-corrected chi connectivity index (χ1v) is 8.86. The lowest BCUT2D eigenvalue weighted by atomic mass is 9.88. The first-order valence-electron chi connectivity index (χ1n) is 8.86. The molecule has 0 radical (unpaired) electrons. The second-order valence-corrected chi connectivity index (χ2v) is 7.19. The van der Waals surface area contributed by atoms with E-state index in [0.717, 1.165) is 63.0 Å². The molecule has 0 bridgehead atoms. The van der Waals surface area contributed by atoms with Gasteiger partial charge in [0.05, 0.1) is 5.56 Å². The van der Waals surface area contributed by atoms with E-state index in [9.17, 15) is 9.18 Å². The molecule has 1 aromatic carbocycles. The molecular weight excluding hydrogens is 327 g/mol. The van der Waals surface area contributed by atoms with Crippen molar-refractivity contribution in [2.75, 3.05) is 26.2 Å². The molecule has 1 amide bonds. The Morgan fingerprint density at radius 1 is 1.17 bits per heavy atom. The maximum absolute atomic E-state index is 14.7. The molecule has 3 rings (SSSR count). The molecule has 2 aliphatic heterocycles. The monoisotopic (exact) mass is 354 g/mol. The third-order valence-corrected chi connectivity index (χ3v) is 5.40. The van der Waals surface area contributed by atoms with Crippen molar-refractivity contribution in [3.8, 4) is 0 Å². The lowest BCUT2D eigenvalue weighted by molar-refractivity contribution is 0.0691. The van der Waals surface area contributed by atoms with Crippen molar-refractivity contribution in [1.29, 1.82) is 0 Å². The summed E-state index contributed by atoms with van der Waals surface area (Å²) in [7, 11) is 0. The molecule has 2 fully saturated rings. The Balaban J connectivity index is 0.00000208. The third-order valence-electron chi connectivity index (χ3n) is 5.40. The minimum atomic E-state index is -0.345. The summed E-state index contributed by atoms with van der Waals surface area (Å²) in [6, 6.07) is 3.63. The lowest BCUT2D eigenvalue weighted by Gasteiger charge is -2.31. The highest BCUT2D eigenvalue weighted by atomic mass is 35.5. The summed E-state index contributed by atoms with van der Waals surface area (Å²) in [5.41, 5.74) is 2.10. The van der Waals surface area contributed by atoms with Crippen LogP contribution in [0.1, 0.15) is 60.0 Å². The minimum Gasteiger partial charge on any atom is -0.339 e. The van der Waals surface area contributed by atoms with E-state index in [-0.39, 0.29) is 29.7 Å². The van der Waals surface area contributed by atoms with Gasteiger partial charge in [-0.3, -0.25) is 4.79 Å². The largest absolute Gasteiger partial charge is 0.339 e. The summed E-state index contributed by atoms with van der Waals surface area (Å²) in [6.07, 6.45) is 4.10. The highest BCUT2D eigenvalue weighted by Gasteiger charge is 2.26. The average molecular weight is 355 g/mol. The van der Waals surface area contributed by atoms with E-state index in [2.05, 4.69) is 12.2 Å². The van der Waals surface area contributed by atoms with Crippen LogP contribution >= 0.6 is 12.4 Å². The average Bonchev–Trinajstić information content (AvgIpc) is 2.55. The summed E-state index contributed by atoms with van der Waals surface area (Å²) < 4.78 is 14.7. The predicted octanol–water partition coefficient (Wildman–Crippen LogP) is 3.90. The van der Waals surface area contributed by atoms with Crippen molar-refractivity contribution in [3.63, 3.8) is 0 Å². The molecular formula is C19H28ClFN2O. The normalized spacial score (nSPS) is 19.9. The summed E-state index contributed by atoms with van der Waals surface area (Å²) >= 11 is 0. The van der Waals surface area contributed by atoms with Crippen LogP contribution in [0.25, 0.3) is 0 Å². The number of amides is 1. The second-order valence-electron chi connectivity index (χ2n) is 7.19. The number of aryl methyl sites for hydroxylation is 1. The highest BCUT2D eigenvalue weighted by molar-refractivity contribution is 5.96. The van der Waals surface area contributed by atoms with Crippen LogP contribution in [0.15, 0.2) is 12.1 Å². The fourth-order valence-corrected chi connectivity index (χ4v) is 3.80. The number of benzene rings is 1. The Morgan fingerprint density at radius 2 is 1.79 bits per heavy atom. The molecule has 134 valence electrons. The van der Waals surface area contributed by atoms with Gasteiger partial charge >= 0.3 is 0 Å². The van der Waals surface area contributed by atoms with E-state index in [1.807, 2.05) is 17.9 Å². The van der Waals surface area contributed by atoms with Gasteiger partial charge in [-0.15, -0.1) is 12.4 Å². The van der Waals surface area contributed by atoms with Gasteiger partial charge in [0.2, 0.25) is 0 Å². The summed E-state index contributed by atoms with van der Waals surface area (Å²) in [4.78, 5) is 14.5. The number of piperidine rings is 2. The molecule has 2 heterocycles. The lowest BCUT2D eigenvalue weighted by Crippen LogP contribution is -2.38. The number of nitrogens with zero attached hydrogens (tertiary/aromatic N) is 1. The van der Waals surface area contributed by atoms with Gasteiger partial charge in [0.25, 0.3) is 5.91 Å². The minimum absolute atomic E-state index is 0. The smallest absolute Gasteiger partial charge is 0.257 e. The van der Waals surface area contributed by atoms with Gasteiger partial charge in [0.15, 0.2) is 0 Å². The summed E-state index contributed by atoms with van der Waals surface area (Å²) in [6.45, 7) is 7.54. The molecule has 0 aliphatic carbocycles. The van der Waals surface area contributed by atoms with Crippen LogP contribution in [-0.2, 0) is 0 Å². The molecule has 0 atom stereocenters. The number of halogens is 2. The number of carbonyl (C=O) groups excluding carboxylic acids is 1. The Hall–Kier alpha value is -1.13. The fraction of sp³-hybridized carbons (Fsp3) is 0.632. The van der Waals surface area contributed by atoms with Crippen molar-refractivity contribution < 1.29 is 9.18 Å². The Labute approximate surface area is 150 Å². The zero-order valence-corrected chi connectivity index (χ0v) is 15.4. The number of likely N-dealkylation sites (tertiary alicyclic amines) is 1. The van der Waals surface area contributed by atoms with Crippen LogP contribution in [0.3, 0.4) is 0 Å². The zero-order chi connectivity index (χ0) is 16.4. The van der Waals surface area contributed by atoms with Crippen LogP contribution in [0, 0.1) is 18.7 Å². The number of nitrogens with one attached hydrogen (secondary N) is 1. The zero-order valence-electron chi connectivity index (χ0n) is 14.6. The quantitative estimate of drug-likeness (QED) is 0.873. The fourth-order valence-electron chi connectivity index (χ4n) is 3.80. The number of hydrogen-bond acceptors (Lipinski definition) is 2. The van der Waals surface area contributed by atoms with E-state index < -0.39 is 0 Å². The van der Waals surface area contributed by atoms with Crippen molar-refractivity contribution in [1.82, 2.24) is 10.2 Å². The van der Waals surface area contributed by atoms with Crippen molar-refractivity contribution in [2.45, 2.75) is 45.4 Å². The van der Waals surface area contributed by atoms with Crippen LogP contribution < -0.4 is 5.32 Å². The molecule has 0 saturated carbocycles. The Kier molecular flexibility index (Phi) is 6.64. The molecule has 3 nitrogen and oxygen atoms in total. The summed E-state index contributed by atoms with van der Waals surface area (Å²) in [5.74, 6) is 0.586. The summed E-state index contributed by atoms with van der Waals surface area (Å²) in [5, 5.41) is 3.34. The van der Waals surface area contributed by atoms with Crippen LogP contribution in [0.5, 0.6) is 0 Å². The number of carbonyl (C=O) groups is 1. The van der Waals surface area contributed by atoms with Crippen molar-refractivity contribution >= 4 is 18.3 Å². The predicted molar refractivity (Wildman–Crippen MR) is 97.5 cm³/mol. The molecule has 2 saturated heterocycles. The molecule has 2 aliphatic rings. The van der Waals surface area contributed by atoms with Crippen molar-refractivity contribution in [3.05, 3.63) is 34.6 Å². The van der Waals surface area contributed by atoms with Gasteiger partial charge < -0.3 is 10.2 Å². The first kappa shape index (κ1) is 19.2. The Morgan fingerprint density at radius 3 is 2.38 bits per heavy atom. The van der Waals surface area contributed by atoms with Gasteiger partial charge in [-0.2, -0.15) is 0 Å². The van der Waals surface area contributed by atoms with Gasteiger partial charge in [0, 0.05) is 13.1 Å². The molecule has 0 unspecified atom stereocenters. The van der Waals surface area contributed by atoms with Crippen LogP contribution in [0.4, 0.5) is 4.39 Å². The van der Waals surface area contributed by atoms with Crippen LogP contribution in [-0.4, -0.2) is 37.0 Å². The molecule has 0 aromatic heterocycles. The maximum Gasteiger partial charge on any atom is 0.257 e. The maximum atomic E-state index is 14.7. The second kappa shape index (κ2) is 8.30. The highest BCUT2D eigenvalue weighted by Crippen LogP contribution is 2.29. The molecule has 1 aromatic rings. The Bertz CT molecular complexity index is 556. The van der Waals surface area contributed by atoms with E-state index in [0.29, 0.717) is 11.8 Å². The van der Waals surface area contributed by atoms with Gasteiger partial charge in [-0.05, 0) is 74.7 Å². The van der Waals surface area contributed by atoms with Gasteiger partial charge in [-0.25, -0.2) is 4.39 Å². The number of rotatable bonds is 2. The van der Waals surface area contributed by atoms with E-state index >= 15 is 0 Å². The number of hydrogen-bond donors (Lipinski definition) is 1. The standard InChI is InChI=1S/C19H27FN2O.ClH/c1-13-5-9-22(10-6-13)19(23)18-14(2)11-16(12-17(18)20)15-3-7-21-8-4-15;/h11-13,15,21H,3-10H2,1-2H3;1H.